The molecule has 2 rings (SSSR count). The minimum absolute atomic E-state index is 0.107. The number of nitrogens with zero attached hydrogens (tertiary/aromatic N) is 3. The second kappa shape index (κ2) is 9.27. The lowest BCUT2D eigenvalue weighted by Gasteiger charge is -2.18. The van der Waals surface area contributed by atoms with E-state index in [4.69, 9.17) is 20.6 Å². The van der Waals surface area contributed by atoms with Gasteiger partial charge in [0.2, 0.25) is 5.88 Å². The first-order valence-electron chi connectivity index (χ1n) is 8.70. The number of nitrogens with two attached hydrogens (primary N) is 1. The summed E-state index contributed by atoms with van der Waals surface area (Å²) in [4.78, 5) is 25.7. The van der Waals surface area contributed by atoms with Gasteiger partial charge in [0, 0.05) is 5.56 Å². The molecule has 0 saturated heterocycles. The maximum atomic E-state index is 13.3. The van der Waals surface area contributed by atoms with Crippen molar-refractivity contribution < 1.29 is 23.9 Å². The number of rotatable bonds is 8. The van der Waals surface area contributed by atoms with E-state index in [9.17, 15) is 14.3 Å². The summed E-state index contributed by atoms with van der Waals surface area (Å²) in [5.74, 6) is -1.16. The topological polar surface area (TPSA) is 143 Å². The molecule has 1 atom stereocenters. The predicted octanol–water partition coefficient (Wildman–Crippen LogP) is 1.77. The maximum Gasteiger partial charge on any atom is 0.284 e. The Morgan fingerprint density at radius 1 is 1.45 bits per heavy atom. The summed E-state index contributed by atoms with van der Waals surface area (Å²) >= 11 is 0. The molecule has 4 N–H and O–H groups in total. The van der Waals surface area contributed by atoms with Crippen LogP contribution >= 0.6 is 0 Å². The van der Waals surface area contributed by atoms with E-state index in [0.717, 1.165) is 0 Å². The first kappa shape index (κ1) is 22.0. The van der Waals surface area contributed by atoms with Crippen LogP contribution in [0, 0.1) is 11.3 Å². The maximum absolute atomic E-state index is 13.3. The number of hydrogen-bond acceptors (Lipinski definition) is 8. The van der Waals surface area contributed by atoms with Crippen molar-refractivity contribution in [2.24, 2.45) is 0 Å². The number of halogens is 1. The predicted molar refractivity (Wildman–Crippen MR) is 102 cm³/mol. The van der Waals surface area contributed by atoms with Crippen molar-refractivity contribution in [3.05, 3.63) is 35.4 Å². The molecule has 0 spiro atoms. The summed E-state index contributed by atoms with van der Waals surface area (Å²) in [6.45, 7) is 3.74. The Morgan fingerprint density at radius 3 is 2.79 bits per heavy atom. The Kier molecular flexibility index (Phi) is 7.03. The Labute approximate surface area is 167 Å². The third-order valence-electron chi connectivity index (χ3n) is 3.42. The summed E-state index contributed by atoms with van der Waals surface area (Å²) < 4.78 is 18.6. The molecule has 10 heteroatoms. The molecule has 0 saturated carbocycles. The van der Waals surface area contributed by atoms with Crippen LogP contribution in [0.25, 0.3) is 11.4 Å². The highest BCUT2D eigenvalue weighted by atomic mass is 19.1. The molecule has 2 aromatic rings. The molecule has 0 aliphatic heterocycles. The van der Waals surface area contributed by atoms with Gasteiger partial charge in [-0.15, -0.1) is 0 Å². The van der Waals surface area contributed by atoms with E-state index < -0.39 is 17.7 Å². The van der Waals surface area contributed by atoms with Gasteiger partial charge in [-0.3, -0.25) is 9.63 Å². The number of aromatic nitrogens is 2. The van der Waals surface area contributed by atoms with Crippen LogP contribution in [0.5, 0.6) is 5.88 Å². The number of nitriles is 1. The van der Waals surface area contributed by atoms with Gasteiger partial charge in [-0.25, -0.2) is 14.9 Å². The molecule has 0 aliphatic rings. The van der Waals surface area contributed by atoms with E-state index in [1.165, 1.54) is 20.8 Å². The average Bonchev–Trinajstić information content (AvgIpc) is 2.64. The van der Waals surface area contributed by atoms with E-state index in [0.29, 0.717) is 11.1 Å². The van der Waals surface area contributed by atoms with Crippen LogP contribution < -0.4 is 16.0 Å². The number of benzene rings is 1. The van der Waals surface area contributed by atoms with E-state index >= 15 is 0 Å². The zero-order chi connectivity index (χ0) is 21.6. The second-order valence-electron chi connectivity index (χ2n) is 6.93. The number of carbonyl (C=O) groups excluding carboxylic acids is 1. The minimum atomic E-state index is -1.32. The van der Waals surface area contributed by atoms with Gasteiger partial charge < -0.3 is 15.6 Å². The molecule has 154 valence electrons. The van der Waals surface area contributed by atoms with E-state index in [1.807, 2.05) is 6.07 Å². The first-order valence-corrected chi connectivity index (χ1v) is 8.70. The summed E-state index contributed by atoms with van der Waals surface area (Å²) in [6, 6.07) is 8.45. The monoisotopic (exact) mass is 403 g/mol. The number of nitrogens with one attached hydrogen (secondary N) is 1. The van der Waals surface area contributed by atoms with E-state index in [2.05, 4.69) is 15.4 Å². The van der Waals surface area contributed by atoms with Gasteiger partial charge in [0.15, 0.2) is 5.82 Å². The van der Waals surface area contributed by atoms with Gasteiger partial charge in [0.05, 0.1) is 17.2 Å². The minimum Gasteiger partial charge on any atom is -0.474 e. The fraction of sp³-hybridized carbons (Fsp3) is 0.368. The van der Waals surface area contributed by atoms with E-state index in [-0.39, 0.29) is 36.3 Å². The third kappa shape index (κ3) is 6.38. The van der Waals surface area contributed by atoms with Crippen LogP contribution in [0.1, 0.15) is 36.7 Å². The Balaban J connectivity index is 2.39. The molecule has 0 unspecified atom stereocenters. The quantitative estimate of drug-likeness (QED) is 0.566. The third-order valence-corrected chi connectivity index (χ3v) is 3.42. The summed E-state index contributed by atoms with van der Waals surface area (Å²) in [5.41, 5.74) is 7.51. The lowest BCUT2D eigenvalue weighted by Crippen LogP contribution is -2.34. The number of hydroxylamine groups is 1. The van der Waals surface area contributed by atoms with Gasteiger partial charge in [-0.1, -0.05) is 12.1 Å². The van der Waals surface area contributed by atoms with Gasteiger partial charge in [-0.2, -0.15) is 10.2 Å². The van der Waals surface area contributed by atoms with Gasteiger partial charge >= 0.3 is 0 Å². The molecule has 0 radical (unpaired) electrons. The number of ether oxygens (including phenoxy) is 1. The number of carbonyl (C=O) groups is 1. The van der Waals surface area contributed by atoms with Crippen molar-refractivity contribution in [1.82, 2.24) is 15.4 Å². The molecule has 0 aliphatic carbocycles. The normalized spacial score (nSPS) is 12.1. The number of alkyl halides is 1. The first-order chi connectivity index (χ1) is 13.6. The van der Waals surface area contributed by atoms with Crippen LogP contribution in [0.2, 0.25) is 0 Å². The summed E-state index contributed by atoms with van der Waals surface area (Å²) in [6.07, 6.45) is -1.32. The summed E-state index contributed by atoms with van der Waals surface area (Å²) in [5, 5.41) is 18.7. The second-order valence-corrected chi connectivity index (χ2v) is 6.93. The van der Waals surface area contributed by atoms with Crippen molar-refractivity contribution in [2.45, 2.75) is 32.5 Å². The molecule has 1 aromatic heterocycles. The van der Waals surface area contributed by atoms with E-state index in [1.54, 1.807) is 24.3 Å². The Morgan fingerprint density at radius 2 is 2.17 bits per heavy atom. The zero-order valence-corrected chi connectivity index (χ0v) is 16.3. The highest BCUT2D eigenvalue weighted by molar-refractivity contribution is 6.00. The summed E-state index contributed by atoms with van der Waals surface area (Å²) in [7, 11) is 0. The largest absolute Gasteiger partial charge is 0.474 e. The molecule has 1 heterocycles. The molecule has 29 heavy (non-hydrogen) atoms. The molecular weight excluding hydrogens is 381 g/mol. The lowest BCUT2D eigenvalue weighted by molar-refractivity contribution is -0.0523. The van der Waals surface area contributed by atoms with Crippen molar-refractivity contribution in [3.8, 4) is 23.3 Å². The Hall–Kier alpha value is -3.29. The fourth-order valence-corrected chi connectivity index (χ4v) is 2.15. The van der Waals surface area contributed by atoms with Crippen LogP contribution in [-0.4, -0.2) is 46.0 Å². The molecule has 0 fully saturated rings. The number of aliphatic hydroxyl groups is 1. The average molecular weight is 403 g/mol. The molecule has 1 aromatic carbocycles. The zero-order valence-electron chi connectivity index (χ0n) is 16.3. The Bertz CT molecular complexity index is 922. The molecular formula is C19H22FN5O4. The van der Waals surface area contributed by atoms with Crippen molar-refractivity contribution in [1.29, 1.82) is 5.26 Å². The van der Waals surface area contributed by atoms with Crippen molar-refractivity contribution in [3.63, 3.8) is 0 Å². The van der Waals surface area contributed by atoms with Crippen LogP contribution in [0.3, 0.4) is 0 Å². The lowest BCUT2D eigenvalue weighted by atomic mass is 10.1. The molecule has 1 amide bonds. The molecule has 0 bridgehead atoms. The van der Waals surface area contributed by atoms with Crippen LogP contribution in [0.4, 0.5) is 10.2 Å². The SMILES string of the molecule is C[C@@H](F)COc1nc(-c2cccc(C#N)c2)nc(N)c1C(=O)NOCC(C)(C)O. The number of anilines is 1. The number of hydrogen-bond donors (Lipinski definition) is 3. The smallest absolute Gasteiger partial charge is 0.284 e. The van der Waals surface area contributed by atoms with Gasteiger partial charge in [0.25, 0.3) is 5.91 Å². The number of nitrogen functional groups attached to an aromatic ring is 1. The van der Waals surface area contributed by atoms with Crippen LogP contribution in [-0.2, 0) is 4.84 Å². The highest BCUT2D eigenvalue weighted by Crippen LogP contribution is 2.26. The van der Waals surface area contributed by atoms with Gasteiger partial charge in [-0.05, 0) is 32.9 Å². The molecule has 9 nitrogen and oxygen atoms in total. The number of amides is 1. The van der Waals surface area contributed by atoms with Crippen molar-refractivity contribution in [2.75, 3.05) is 18.9 Å². The fourth-order valence-electron chi connectivity index (χ4n) is 2.15. The van der Waals surface area contributed by atoms with Gasteiger partial charge in [0.1, 0.15) is 30.8 Å². The highest BCUT2D eigenvalue weighted by Gasteiger charge is 2.23. The van der Waals surface area contributed by atoms with Crippen LogP contribution in [0.15, 0.2) is 24.3 Å². The standard InChI is InChI=1S/C19H22FN5O4/c1-11(20)9-28-18-14(17(26)25-29-10-19(2,3)27)15(22)23-16(24-18)13-6-4-5-12(7-13)8-21/h4-7,11,27H,9-10H2,1-3H3,(H,25,26)(H2,22,23,24)/t11-/m1/s1. The van der Waals surface area contributed by atoms with Crippen molar-refractivity contribution >= 4 is 11.7 Å².